The van der Waals surface area contributed by atoms with Crippen LogP contribution in [0.2, 0.25) is 0 Å². The molecule has 0 spiro atoms. The van der Waals surface area contributed by atoms with Crippen LogP contribution in [-0.4, -0.2) is 101 Å². The third-order valence-electron chi connectivity index (χ3n) is 10.6. The summed E-state index contributed by atoms with van der Waals surface area (Å²) >= 11 is 7.22. The minimum atomic E-state index is -1.09. The van der Waals surface area contributed by atoms with Crippen LogP contribution in [0, 0.1) is 13.8 Å². The lowest BCUT2D eigenvalue weighted by molar-refractivity contribution is -0.140. The SMILES string of the molecule is Cc1c(COc2nc(OCCc3cncnc3)c(CNC[C@@H](O)CC(=O)O)cc2Br)cccc1-c1cccc(COc2nc(OCCc3cncnc3)c(CNC[C@@H](O)CC(=O)O)cc2Br)c1C. The second kappa shape index (κ2) is 25.8. The van der Waals surface area contributed by atoms with Crippen molar-refractivity contribution >= 4 is 43.8 Å². The molecule has 0 bridgehead atoms. The van der Waals surface area contributed by atoms with Crippen molar-refractivity contribution in [1.82, 2.24) is 40.5 Å². The molecule has 2 atom stereocenters. The summed E-state index contributed by atoms with van der Waals surface area (Å²) in [5.41, 5.74) is 9.08. The minimum absolute atomic E-state index is 0.0620. The Labute approximate surface area is 409 Å². The molecule has 0 unspecified atom stereocenters. The van der Waals surface area contributed by atoms with Gasteiger partial charge in [0, 0.05) is 74.9 Å². The zero-order valence-corrected chi connectivity index (χ0v) is 40.6. The van der Waals surface area contributed by atoms with Gasteiger partial charge in [-0.05, 0) is 102 Å². The number of halogens is 2. The van der Waals surface area contributed by atoms with Crippen LogP contribution in [0.4, 0.5) is 0 Å². The van der Waals surface area contributed by atoms with E-state index in [4.69, 9.17) is 39.1 Å². The van der Waals surface area contributed by atoms with Gasteiger partial charge in [-0.2, -0.15) is 9.97 Å². The lowest BCUT2D eigenvalue weighted by Gasteiger charge is -2.18. The lowest BCUT2D eigenvalue weighted by Crippen LogP contribution is -2.28. The number of nitrogens with zero attached hydrogens (tertiary/aromatic N) is 6. The van der Waals surface area contributed by atoms with Crippen molar-refractivity contribution in [2.24, 2.45) is 0 Å². The molecule has 6 rings (SSSR count). The van der Waals surface area contributed by atoms with Crippen molar-refractivity contribution in [2.75, 3.05) is 26.3 Å². The Morgan fingerprint density at radius 3 is 1.37 bits per heavy atom. The maximum atomic E-state index is 11.0. The third-order valence-corrected chi connectivity index (χ3v) is 11.7. The van der Waals surface area contributed by atoms with Crippen LogP contribution in [0.1, 0.15) is 57.3 Å². The van der Waals surface area contributed by atoms with Crippen LogP contribution in [0.15, 0.2) is 94.9 Å². The average Bonchev–Trinajstić information content (AvgIpc) is 3.30. The molecule has 0 amide bonds. The third kappa shape index (κ3) is 15.4. The molecular formula is C48H52Br2N8O10. The van der Waals surface area contributed by atoms with E-state index < -0.39 is 24.1 Å². The van der Waals surface area contributed by atoms with Crippen LogP contribution in [0.5, 0.6) is 23.5 Å². The molecule has 0 saturated carbocycles. The molecule has 0 aliphatic rings. The number of nitrogens with one attached hydrogen (secondary N) is 2. The largest absolute Gasteiger partial charge is 0.481 e. The van der Waals surface area contributed by atoms with E-state index in [-0.39, 0.29) is 65.4 Å². The number of aliphatic hydroxyl groups is 2. The molecular weight excluding hydrogens is 1010 g/mol. The van der Waals surface area contributed by atoms with Crippen LogP contribution in [-0.2, 0) is 48.7 Å². The molecule has 0 saturated heterocycles. The number of carboxylic acid groups (broad SMARTS) is 2. The van der Waals surface area contributed by atoms with Crippen LogP contribution >= 0.6 is 31.9 Å². The number of ether oxygens (including phenoxy) is 4. The number of carbonyl (C=O) groups is 2. The monoisotopic (exact) mass is 1060 g/mol. The first kappa shape index (κ1) is 51.2. The van der Waals surface area contributed by atoms with Gasteiger partial charge in [-0.15, -0.1) is 0 Å². The molecule has 20 heteroatoms. The van der Waals surface area contributed by atoms with Crippen molar-refractivity contribution in [3.63, 3.8) is 0 Å². The summed E-state index contributed by atoms with van der Waals surface area (Å²) in [7, 11) is 0. The first-order chi connectivity index (χ1) is 32.8. The van der Waals surface area contributed by atoms with Gasteiger partial charge in [-0.3, -0.25) is 9.59 Å². The quantitative estimate of drug-likeness (QED) is 0.0340. The van der Waals surface area contributed by atoms with Crippen molar-refractivity contribution in [1.29, 1.82) is 0 Å². The minimum Gasteiger partial charge on any atom is -0.481 e. The number of aliphatic carboxylic acids is 2. The number of pyridine rings is 2. The zero-order chi connectivity index (χ0) is 48.4. The highest BCUT2D eigenvalue weighted by atomic mass is 79.9. The fourth-order valence-electron chi connectivity index (χ4n) is 6.99. The van der Waals surface area contributed by atoms with Crippen molar-refractivity contribution in [3.8, 4) is 34.6 Å². The van der Waals surface area contributed by atoms with Gasteiger partial charge in [0.25, 0.3) is 0 Å². The van der Waals surface area contributed by atoms with Gasteiger partial charge in [0.2, 0.25) is 23.5 Å². The average molecular weight is 1060 g/mol. The Morgan fingerprint density at radius 1 is 0.588 bits per heavy atom. The van der Waals surface area contributed by atoms with Gasteiger partial charge in [0.05, 0.1) is 47.2 Å². The highest BCUT2D eigenvalue weighted by molar-refractivity contribution is 9.10. The summed E-state index contributed by atoms with van der Waals surface area (Å²) in [5.74, 6) is -0.898. The van der Waals surface area contributed by atoms with E-state index in [2.05, 4.69) is 74.6 Å². The van der Waals surface area contributed by atoms with Crippen molar-refractivity contribution in [3.05, 3.63) is 139 Å². The van der Waals surface area contributed by atoms with E-state index in [0.29, 0.717) is 56.4 Å². The smallest absolute Gasteiger partial charge is 0.306 e. The topological polar surface area (TPSA) is 253 Å². The first-order valence-corrected chi connectivity index (χ1v) is 23.2. The Hall–Kier alpha value is -6.16. The summed E-state index contributed by atoms with van der Waals surface area (Å²) in [5, 5.41) is 44.4. The number of carboxylic acids is 2. The van der Waals surface area contributed by atoms with Crippen molar-refractivity contribution in [2.45, 2.75) is 78.0 Å². The predicted molar refractivity (Wildman–Crippen MR) is 256 cm³/mol. The van der Waals surface area contributed by atoms with Crippen LogP contribution in [0.3, 0.4) is 0 Å². The lowest BCUT2D eigenvalue weighted by atomic mass is 9.92. The number of hydrogen-bond donors (Lipinski definition) is 6. The van der Waals surface area contributed by atoms with E-state index in [0.717, 1.165) is 44.5 Å². The molecule has 18 nitrogen and oxygen atoms in total. The Kier molecular flexibility index (Phi) is 19.5. The van der Waals surface area contributed by atoms with Gasteiger partial charge < -0.3 is 50.0 Å². The van der Waals surface area contributed by atoms with Gasteiger partial charge in [0.15, 0.2) is 0 Å². The summed E-state index contributed by atoms with van der Waals surface area (Å²) in [6, 6.07) is 15.8. The van der Waals surface area contributed by atoms with Crippen LogP contribution in [0.25, 0.3) is 11.1 Å². The second-order valence-electron chi connectivity index (χ2n) is 15.7. The maximum absolute atomic E-state index is 11.0. The summed E-state index contributed by atoms with van der Waals surface area (Å²) in [6.45, 7) is 5.68. The van der Waals surface area contributed by atoms with Gasteiger partial charge >= 0.3 is 11.9 Å². The molecule has 4 heterocycles. The van der Waals surface area contributed by atoms with Gasteiger partial charge in [-0.25, -0.2) is 19.9 Å². The fourth-order valence-corrected chi connectivity index (χ4v) is 7.95. The molecule has 358 valence electrons. The maximum Gasteiger partial charge on any atom is 0.306 e. The highest BCUT2D eigenvalue weighted by Gasteiger charge is 2.19. The standard InChI is InChI=1S/C48H52Br2N8O10/c1-29-33(25-67-47-41(49)13-35(21-51-23-37(59)15-43(61)62)45(57-47)65-11-9-31-17-53-27-54-18-31)5-3-7-39(29)40-8-4-6-34(30(40)2)26-68-48-42(50)14-36(22-52-24-38(60)16-44(63)64)46(58-48)66-12-10-32-19-55-28-56-20-32/h3-8,13-14,17-20,27-28,37-38,51-52,59-60H,9-12,15-16,21-26H2,1-2H3,(H,61,62)(H,63,64)/t37-,38-/m0/s1. The zero-order valence-electron chi connectivity index (χ0n) is 37.4. The number of rotatable bonds is 27. The molecule has 0 aliphatic carbocycles. The summed E-state index contributed by atoms with van der Waals surface area (Å²) < 4.78 is 26.1. The number of aliphatic hydroxyl groups excluding tert-OH is 2. The number of hydrogen-bond acceptors (Lipinski definition) is 16. The number of aromatic nitrogens is 6. The Morgan fingerprint density at radius 2 is 0.985 bits per heavy atom. The highest BCUT2D eigenvalue weighted by Crippen LogP contribution is 2.35. The molecule has 0 aliphatic heterocycles. The number of benzene rings is 2. The first-order valence-electron chi connectivity index (χ1n) is 21.6. The van der Waals surface area contributed by atoms with Gasteiger partial charge in [0.1, 0.15) is 25.9 Å². The van der Waals surface area contributed by atoms with E-state index >= 15 is 0 Å². The Balaban J connectivity index is 1.15. The normalized spacial score (nSPS) is 12.0. The molecule has 68 heavy (non-hydrogen) atoms. The van der Waals surface area contributed by atoms with E-state index in [1.807, 2.05) is 50.2 Å². The molecule has 6 aromatic rings. The fraction of sp³-hybridized carbons (Fsp3) is 0.333. The summed E-state index contributed by atoms with van der Waals surface area (Å²) in [4.78, 5) is 47.8. The molecule has 6 N–H and O–H groups in total. The van der Waals surface area contributed by atoms with Crippen LogP contribution < -0.4 is 29.6 Å². The van der Waals surface area contributed by atoms with Crippen molar-refractivity contribution < 1.29 is 49.0 Å². The van der Waals surface area contributed by atoms with E-state index in [9.17, 15) is 19.8 Å². The molecule has 4 aromatic heterocycles. The Bertz CT molecular complexity index is 2440. The second-order valence-corrected chi connectivity index (χ2v) is 17.4. The summed E-state index contributed by atoms with van der Waals surface area (Å²) in [6.07, 6.45) is 7.98. The van der Waals surface area contributed by atoms with E-state index in [1.165, 1.54) is 12.7 Å². The molecule has 0 fully saturated rings. The van der Waals surface area contributed by atoms with E-state index in [1.54, 1.807) is 24.8 Å². The molecule has 2 aromatic carbocycles. The predicted octanol–water partition coefficient (Wildman–Crippen LogP) is 6.12. The molecule has 0 radical (unpaired) electrons. The van der Waals surface area contributed by atoms with Gasteiger partial charge in [-0.1, -0.05) is 36.4 Å².